The predicted octanol–water partition coefficient (Wildman–Crippen LogP) is 5.42. The van der Waals surface area contributed by atoms with Gasteiger partial charge in [-0.1, -0.05) is 48.0 Å². The predicted molar refractivity (Wildman–Crippen MR) is 87.1 cm³/mol. The molecule has 0 fully saturated rings. The number of aryl methyl sites for hydroxylation is 1. The van der Waals surface area contributed by atoms with Gasteiger partial charge < -0.3 is 9.72 Å². The lowest BCUT2D eigenvalue weighted by Crippen LogP contribution is -1.85. The summed E-state index contributed by atoms with van der Waals surface area (Å²) in [4.78, 5) is 3.45. The molecule has 102 valence electrons. The van der Waals surface area contributed by atoms with Crippen molar-refractivity contribution in [1.82, 2.24) is 4.98 Å². The SMILES string of the molecule is Cc1ccc(Oc2cccc3c2[nH]c2ccccc23)cc1. The third-order valence-electron chi connectivity index (χ3n) is 3.75. The minimum absolute atomic E-state index is 0.853. The average molecular weight is 273 g/mol. The molecule has 1 aromatic heterocycles. The van der Waals surface area contributed by atoms with Gasteiger partial charge in [-0.25, -0.2) is 0 Å². The van der Waals surface area contributed by atoms with Crippen molar-refractivity contribution in [3.05, 3.63) is 72.3 Å². The van der Waals surface area contributed by atoms with Gasteiger partial charge in [0.15, 0.2) is 5.75 Å². The van der Waals surface area contributed by atoms with Crippen LogP contribution in [0.3, 0.4) is 0 Å². The number of para-hydroxylation sites is 2. The zero-order valence-corrected chi connectivity index (χ0v) is 11.8. The highest BCUT2D eigenvalue weighted by atomic mass is 16.5. The van der Waals surface area contributed by atoms with Crippen LogP contribution in [-0.4, -0.2) is 4.98 Å². The average Bonchev–Trinajstić information content (AvgIpc) is 2.89. The maximum Gasteiger partial charge on any atom is 0.151 e. The van der Waals surface area contributed by atoms with E-state index in [4.69, 9.17) is 4.74 Å². The standard InChI is InChI=1S/C19H15NO/c1-13-9-11-14(12-10-13)21-18-8-4-6-16-15-5-2-3-7-17(15)20-19(16)18/h2-12,20H,1H3. The number of H-pyrrole nitrogens is 1. The fourth-order valence-electron chi connectivity index (χ4n) is 2.66. The molecule has 1 N–H and O–H groups in total. The molecule has 0 atom stereocenters. The summed E-state index contributed by atoms with van der Waals surface area (Å²) in [5.41, 5.74) is 3.40. The van der Waals surface area contributed by atoms with Crippen molar-refractivity contribution in [2.45, 2.75) is 6.92 Å². The van der Waals surface area contributed by atoms with Crippen molar-refractivity contribution in [2.24, 2.45) is 0 Å². The molecule has 0 saturated heterocycles. The number of hydrogen-bond acceptors (Lipinski definition) is 1. The van der Waals surface area contributed by atoms with E-state index in [9.17, 15) is 0 Å². The second-order valence-electron chi connectivity index (χ2n) is 5.26. The lowest BCUT2D eigenvalue weighted by atomic mass is 10.1. The summed E-state index contributed by atoms with van der Waals surface area (Å²) in [6.45, 7) is 2.07. The van der Waals surface area contributed by atoms with Crippen molar-refractivity contribution in [2.75, 3.05) is 0 Å². The quantitative estimate of drug-likeness (QED) is 0.518. The van der Waals surface area contributed by atoms with Gasteiger partial charge in [0.1, 0.15) is 5.75 Å². The topological polar surface area (TPSA) is 25.0 Å². The van der Waals surface area contributed by atoms with Crippen molar-refractivity contribution in [1.29, 1.82) is 0 Å². The highest BCUT2D eigenvalue weighted by Crippen LogP contribution is 2.33. The molecule has 0 unspecified atom stereocenters. The fraction of sp³-hybridized carbons (Fsp3) is 0.0526. The Balaban J connectivity index is 1.86. The molecule has 2 nitrogen and oxygen atoms in total. The molecular weight excluding hydrogens is 258 g/mol. The Labute approximate surface area is 123 Å². The summed E-state index contributed by atoms with van der Waals surface area (Å²) in [5.74, 6) is 1.71. The molecule has 1 heterocycles. The molecule has 21 heavy (non-hydrogen) atoms. The molecule has 0 aliphatic carbocycles. The molecule has 0 radical (unpaired) electrons. The first-order chi connectivity index (χ1) is 10.3. The van der Waals surface area contributed by atoms with Crippen molar-refractivity contribution in [3.63, 3.8) is 0 Å². The van der Waals surface area contributed by atoms with Gasteiger partial charge in [-0.05, 0) is 31.2 Å². The van der Waals surface area contributed by atoms with Crippen LogP contribution in [0.1, 0.15) is 5.56 Å². The van der Waals surface area contributed by atoms with E-state index in [0.29, 0.717) is 0 Å². The lowest BCUT2D eigenvalue weighted by Gasteiger charge is -2.07. The third-order valence-corrected chi connectivity index (χ3v) is 3.75. The molecular formula is C19H15NO. The zero-order chi connectivity index (χ0) is 14.2. The normalized spacial score (nSPS) is 11.1. The smallest absolute Gasteiger partial charge is 0.151 e. The van der Waals surface area contributed by atoms with Gasteiger partial charge >= 0.3 is 0 Å². The number of benzene rings is 3. The van der Waals surface area contributed by atoms with Crippen LogP contribution in [0.4, 0.5) is 0 Å². The van der Waals surface area contributed by atoms with E-state index in [1.165, 1.54) is 16.3 Å². The number of fused-ring (bicyclic) bond motifs is 3. The second-order valence-corrected chi connectivity index (χ2v) is 5.26. The molecule has 0 bridgehead atoms. The van der Waals surface area contributed by atoms with Gasteiger partial charge in [0, 0.05) is 16.3 Å². The van der Waals surface area contributed by atoms with Crippen LogP contribution >= 0.6 is 0 Å². The Hall–Kier alpha value is -2.74. The first-order valence-corrected chi connectivity index (χ1v) is 7.05. The molecule has 0 spiro atoms. The Morgan fingerprint density at radius 3 is 2.38 bits per heavy atom. The highest BCUT2D eigenvalue weighted by Gasteiger charge is 2.08. The summed E-state index contributed by atoms with van der Waals surface area (Å²) in [6, 6.07) is 22.6. The number of rotatable bonds is 2. The molecule has 0 aliphatic heterocycles. The van der Waals surface area contributed by atoms with E-state index in [1.54, 1.807) is 0 Å². The van der Waals surface area contributed by atoms with Crippen molar-refractivity contribution < 1.29 is 4.74 Å². The zero-order valence-electron chi connectivity index (χ0n) is 11.8. The van der Waals surface area contributed by atoms with Gasteiger partial charge in [-0.15, -0.1) is 0 Å². The minimum atomic E-state index is 0.853. The first kappa shape index (κ1) is 12.0. The number of aromatic amines is 1. The summed E-state index contributed by atoms with van der Waals surface area (Å²) in [7, 11) is 0. The largest absolute Gasteiger partial charge is 0.455 e. The van der Waals surface area contributed by atoms with E-state index < -0.39 is 0 Å². The van der Waals surface area contributed by atoms with Crippen LogP contribution in [0.15, 0.2) is 66.7 Å². The Morgan fingerprint density at radius 2 is 1.52 bits per heavy atom. The van der Waals surface area contributed by atoms with Crippen LogP contribution in [0, 0.1) is 6.92 Å². The highest BCUT2D eigenvalue weighted by molar-refractivity contribution is 6.09. The monoisotopic (exact) mass is 273 g/mol. The van der Waals surface area contributed by atoms with Gasteiger partial charge in [0.25, 0.3) is 0 Å². The fourth-order valence-corrected chi connectivity index (χ4v) is 2.66. The molecule has 0 amide bonds. The lowest BCUT2D eigenvalue weighted by molar-refractivity contribution is 0.487. The summed E-state index contributed by atoms with van der Waals surface area (Å²) in [6.07, 6.45) is 0. The minimum Gasteiger partial charge on any atom is -0.455 e. The van der Waals surface area contributed by atoms with Gasteiger partial charge in [0.2, 0.25) is 0 Å². The van der Waals surface area contributed by atoms with Crippen LogP contribution < -0.4 is 4.74 Å². The molecule has 4 aromatic rings. The Bertz CT molecular complexity index is 919. The van der Waals surface area contributed by atoms with Crippen molar-refractivity contribution in [3.8, 4) is 11.5 Å². The van der Waals surface area contributed by atoms with E-state index >= 15 is 0 Å². The number of aromatic nitrogens is 1. The van der Waals surface area contributed by atoms with Crippen LogP contribution in [-0.2, 0) is 0 Å². The van der Waals surface area contributed by atoms with Gasteiger partial charge in [0.05, 0.1) is 5.52 Å². The first-order valence-electron chi connectivity index (χ1n) is 7.05. The Kier molecular flexibility index (Phi) is 2.68. The molecule has 4 rings (SSSR count). The number of nitrogens with one attached hydrogen (secondary N) is 1. The van der Waals surface area contributed by atoms with Crippen LogP contribution in [0.25, 0.3) is 21.8 Å². The van der Waals surface area contributed by atoms with Crippen LogP contribution in [0.2, 0.25) is 0 Å². The maximum absolute atomic E-state index is 6.04. The third kappa shape index (κ3) is 2.05. The van der Waals surface area contributed by atoms with Gasteiger partial charge in [-0.3, -0.25) is 0 Å². The van der Waals surface area contributed by atoms with E-state index in [2.05, 4.69) is 48.3 Å². The summed E-state index contributed by atoms with van der Waals surface area (Å²) < 4.78 is 6.04. The van der Waals surface area contributed by atoms with E-state index in [1.807, 2.05) is 30.3 Å². The van der Waals surface area contributed by atoms with Crippen molar-refractivity contribution >= 4 is 21.8 Å². The molecule has 0 saturated carbocycles. The maximum atomic E-state index is 6.04. The number of ether oxygens (including phenoxy) is 1. The Morgan fingerprint density at radius 1 is 0.762 bits per heavy atom. The molecule has 3 aromatic carbocycles. The molecule has 2 heteroatoms. The van der Waals surface area contributed by atoms with E-state index in [-0.39, 0.29) is 0 Å². The molecule has 0 aliphatic rings. The van der Waals surface area contributed by atoms with Crippen LogP contribution in [0.5, 0.6) is 11.5 Å². The summed E-state index contributed by atoms with van der Waals surface area (Å²) >= 11 is 0. The summed E-state index contributed by atoms with van der Waals surface area (Å²) in [5, 5.41) is 2.41. The second kappa shape index (κ2) is 4.67. The number of hydrogen-bond donors (Lipinski definition) is 1. The van der Waals surface area contributed by atoms with Gasteiger partial charge in [-0.2, -0.15) is 0 Å². The van der Waals surface area contributed by atoms with E-state index in [0.717, 1.165) is 22.5 Å².